The van der Waals surface area contributed by atoms with Gasteiger partial charge < -0.3 is 10.6 Å². The maximum Gasteiger partial charge on any atom is 0.410 e. The highest BCUT2D eigenvalue weighted by molar-refractivity contribution is 5.93. The van der Waals surface area contributed by atoms with E-state index in [1.807, 2.05) is 0 Å². The van der Waals surface area contributed by atoms with Gasteiger partial charge in [0.25, 0.3) is 5.91 Å². The van der Waals surface area contributed by atoms with E-state index in [-0.39, 0.29) is 30.1 Å². The second kappa shape index (κ2) is 7.81. The number of carbonyl (C=O) groups excluding carboxylic acids is 1. The number of anilines is 1. The summed E-state index contributed by atoms with van der Waals surface area (Å²) in [5, 5.41) is 10.0. The molecule has 9 heteroatoms. The molecule has 29 heavy (non-hydrogen) atoms. The van der Waals surface area contributed by atoms with Crippen LogP contribution < -0.4 is 10.6 Å². The van der Waals surface area contributed by atoms with Crippen LogP contribution >= 0.6 is 0 Å². The van der Waals surface area contributed by atoms with Crippen molar-refractivity contribution in [2.24, 2.45) is 11.8 Å². The summed E-state index contributed by atoms with van der Waals surface area (Å²) >= 11 is 0. The second-order valence-corrected chi connectivity index (χ2v) is 9.02. The number of nitrogens with one attached hydrogen (secondary N) is 2. The number of aromatic nitrogens is 2. The van der Waals surface area contributed by atoms with Gasteiger partial charge in [0.1, 0.15) is 5.82 Å². The van der Waals surface area contributed by atoms with Crippen molar-refractivity contribution in [2.45, 2.75) is 70.3 Å². The van der Waals surface area contributed by atoms with Gasteiger partial charge >= 0.3 is 6.18 Å². The Bertz CT molecular complexity index is 737. The van der Waals surface area contributed by atoms with E-state index >= 15 is 0 Å². The molecule has 0 bridgehead atoms. The Morgan fingerprint density at radius 3 is 2.62 bits per heavy atom. The maximum atomic E-state index is 13.6. The number of nitrogens with zero attached hydrogens (tertiary/aromatic N) is 3. The van der Waals surface area contributed by atoms with E-state index in [2.05, 4.69) is 34.5 Å². The molecule has 0 spiro atoms. The summed E-state index contributed by atoms with van der Waals surface area (Å²) in [7, 11) is 0. The zero-order valence-electron chi connectivity index (χ0n) is 17.0. The maximum absolute atomic E-state index is 13.6. The number of likely N-dealkylation sites (tertiary alicyclic amines) is 1. The van der Waals surface area contributed by atoms with Crippen LogP contribution in [0.1, 0.15) is 62.5 Å². The summed E-state index contributed by atoms with van der Waals surface area (Å²) in [5.74, 6) is 0.890. The molecule has 0 aromatic carbocycles. The van der Waals surface area contributed by atoms with Crippen molar-refractivity contribution < 1.29 is 18.0 Å². The van der Waals surface area contributed by atoms with Crippen molar-refractivity contribution >= 4 is 11.7 Å². The molecule has 3 atom stereocenters. The summed E-state index contributed by atoms with van der Waals surface area (Å²) in [6.45, 7) is 6.79. The van der Waals surface area contributed by atoms with Crippen LogP contribution in [0.4, 0.5) is 19.0 Å². The predicted molar refractivity (Wildman–Crippen MR) is 104 cm³/mol. The molecule has 1 aromatic heterocycles. The lowest BCUT2D eigenvalue weighted by molar-refractivity contribution is -0.174. The quantitative estimate of drug-likeness (QED) is 0.777. The van der Waals surface area contributed by atoms with Gasteiger partial charge in [-0.3, -0.25) is 9.69 Å². The fourth-order valence-corrected chi connectivity index (χ4v) is 4.45. The highest BCUT2D eigenvalue weighted by atomic mass is 19.4. The zero-order chi connectivity index (χ0) is 20.8. The van der Waals surface area contributed by atoms with Crippen molar-refractivity contribution in [2.75, 3.05) is 25.0 Å². The fraction of sp³-hybridized carbons (Fsp3) is 0.800. The Labute approximate surface area is 169 Å². The van der Waals surface area contributed by atoms with Crippen LogP contribution in [0.25, 0.3) is 0 Å². The first-order valence-corrected chi connectivity index (χ1v) is 10.7. The van der Waals surface area contributed by atoms with Crippen LogP contribution in [0.15, 0.2) is 6.07 Å². The van der Waals surface area contributed by atoms with Gasteiger partial charge in [-0.05, 0) is 64.0 Å². The monoisotopic (exact) mass is 413 g/mol. The largest absolute Gasteiger partial charge is 0.410 e. The molecule has 3 aliphatic rings. The van der Waals surface area contributed by atoms with Gasteiger partial charge in [0.2, 0.25) is 0 Å². The van der Waals surface area contributed by atoms with E-state index < -0.39 is 18.1 Å². The normalized spacial score (nSPS) is 27.2. The van der Waals surface area contributed by atoms with E-state index in [1.54, 1.807) is 0 Å². The first-order valence-electron chi connectivity index (χ1n) is 10.7. The molecule has 0 unspecified atom stereocenters. The lowest BCUT2D eigenvalue weighted by Crippen LogP contribution is -2.45. The molecule has 1 amide bonds. The topological polar surface area (TPSA) is 62.2 Å². The van der Waals surface area contributed by atoms with E-state index in [0.717, 1.165) is 49.4 Å². The van der Waals surface area contributed by atoms with Crippen LogP contribution in [0.5, 0.6) is 0 Å². The van der Waals surface area contributed by atoms with Crippen LogP contribution in [0.2, 0.25) is 0 Å². The molecule has 162 valence electrons. The highest BCUT2D eigenvalue weighted by Crippen LogP contribution is 2.45. The van der Waals surface area contributed by atoms with Crippen LogP contribution in [0, 0.1) is 11.8 Å². The first kappa shape index (κ1) is 20.5. The predicted octanol–water partition coefficient (Wildman–Crippen LogP) is 3.43. The molecule has 2 N–H and O–H groups in total. The number of carbonyl (C=O) groups is 1. The smallest absolute Gasteiger partial charge is 0.367 e. The van der Waals surface area contributed by atoms with Crippen molar-refractivity contribution in [1.29, 1.82) is 0 Å². The zero-order valence-corrected chi connectivity index (χ0v) is 17.0. The number of rotatable bonds is 5. The number of hydrogen-bond acceptors (Lipinski definition) is 4. The summed E-state index contributed by atoms with van der Waals surface area (Å²) in [6.07, 6.45) is -0.205. The Balaban J connectivity index is 1.41. The Morgan fingerprint density at radius 1 is 1.31 bits per heavy atom. The van der Waals surface area contributed by atoms with Gasteiger partial charge in [0.15, 0.2) is 11.7 Å². The minimum Gasteiger partial charge on any atom is -0.367 e. The second-order valence-electron chi connectivity index (χ2n) is 9.02. The lowest BCUT2D eigenvalue weighted by atomic mass is 9.98. The van der Waals surface area contributed by atoms with Gasteiger partial charge in [0, 0.05) is 24.7 Å². The molecular formula is C20H30F3N5O. The average molecular weight is 413 g/mol. The third-order valence-electron chi connectivity index (χ3n) is 6.64. The highest BCUT2D eigenvalue weighted by Gasteiger charge is 2.49. The van der Waals surface area contributed by atoms with Crippen molar-refractivity contribution in [1.82, 2.24) is 20.0 Å². The van der Waals surface area contributed by atoms with Gasteiger partial charge in [-0.25, -0.2) is 4.68 Å². The van der Waals surface area contributed by atoms with E-state index in [4.69, 9.17) is 0 Å². The standard InChI is InChI=1S/C20H30F3N5O/c1-12-5-7-27(8-6-12)13(2)11-24-19(29)16-10-18-25-15(14-3-4-14)9-17(20(21,22)23)28(18)26-16/h10,12-15,17,25H,3-9,11H2,1-2H3,(H,24,29)/t13-,15+,17-/m1/s1. The molecule has 4 rings (SSSR count). The van der Waals surface area contributed by atoms with Crippen molar-refractivity contribution in [3.8, 4) is 0 Å². The number of amides is 1. The molecule has 1 aromatic rings. The van der Waals surface area contributed by atoms with Crippen molar-refractivity contribution in [3.63, 3.8) is 0 Å². The molecule has 2 fully saturated rings. The number of piperidine rings is 1. The Kier molecular flexibility index (Phi) is 5.52. The molecule has 1 aliphatic carbocycles. The molecule has 0 radical (unpaired) electrons. The van der Waals surface area contributed by atoms with Crippen LogP contribution in [-0.4, -0.2) is 58.5 Å². The summed E-state index contributed by atoms with van der Waals surface area (Å²) < 4.78 is 41.7. The molecule has 6 nitrogen and oxygen atoms in total. The third kappa shape index (κ3) is 4.54. The van der Waals surface area contributed by atoms with Crippen molar-refractivity contribution in [3.05, 3.63) is 11.8 Å². The van der Waals surface area contributed by atoms with Gasteiger partial charge in [-0.2, -0.15) is 18.3 Å². The SMILES string of the molecule is CC1CCN([C@H](C)CNC(=O)c2cc3n(n2)[C@@H](C(F)(F)F)C[C@@H](C2CC2)N3)CC1. The minimum atomic E-state index is -4.39. The lowest BCUT2D eigenvalue weighted by Gasteiger charge is -2.34. The Hall–Kier alpha value is -1.77. The summed E-state index contributed by atoms with van der Waals surface area (Å²) in [6, 6.07) is -0.247. The number of hydrogen-bond donors (Lipinski definition) is 2. The summed E-state index contributed by atoms with van der Waals surface area (Å²) in [5.41, 5.74) is 0.0395. The van der Waals surface area contributed by atoms with E-state index in [1.165, 1.54) is 6.07 Å². The molecule has 3 heterocycles. The van der Waals surface area contributed by atoms with Gasteiger partial charge in [0.05, 0.1) is 0 Å². The number of halogens is 3. The molecule has 1 saturated carbocycles. The minimum absolute atomic E-state index is 0.0334. The molecular weight excluding hydrogens is 383 g/mol. The fourth-order valence-electron chi connectivity index (χ4n) is 4.45. The average Bonchev–Trinajstić information content (AvgIpc) is 3.43. The van der Waals surface area contributed by atoms with Crippen LogP contribution in [0.3, 0.4) is 0 Å². The number of fused-ring (bicyclic) bond motifs is 1. The molecule has 1 saturated heterocycles. The van der Waals surface area contributed by atoms with E-state index in [0.29, 0.717) is 12.4 Å². The molecule has 2 aliphatic heterocycles. The van der Waals surface area contributed by atoms with Gasteiger partial charge in [-0.1, -0.05) is 6.92 Å². The third-order valence-corrected chi connectivity index (χ3v) is 6.64. The first-order chi connectivity index (χ1) is 13.7. The van der Waals surface area contributed by atoms with E-state index in [9.17, 15) is 18.0 Å². The summed E-state index contributed by atoms with van der Waals surface area (Å²) in [4.78, 5) is 14.9. The van der Waals surface area contributed by atoms with Gasteiger partial charge in [-0.15, -0.1) is 0 Å². The van der Waals surface area contributed by atoms with Crippen LogP contribution in [-0.2, 0) is 0 Å². The Morgan fingerprint density at radius 2 is 2.00 bits per heavy atom. The number of alkyl halides is 3.